The summed E-state index contributed by atoms with van der Waals surface area (Å²) in [6.45, 7) is 5.39. The summed E-state index contributed by atoms with van der Waals surface area (Å²) in [5.41, 5.74) is -0.0907. The van der Waals surface area contributed by atoms with Crippen LogP contribution in [0.4, 0.5) is 18.9 Å². The number of carbonyl (C=O) groups is 2. The zero-order valence-corrected chi connectivity index (χ0v) is 17.4. The van der Waals surface area contributed by atoms with Crippen LogP contribution >= 0.6 is 0 Å². The molecular weight excluding hydrogens is 427 g/mol. The van der Waals surface area contributed by atoms with Crippen LogP contribution in [0.15, 0.2) is 48.7 Å². The molecule has 0 fully saturated rings. The van der Waals surface area contributed by atoms with E-state index in [1.807, 2.05) is 26.0 Å². The molecule has 0 unspecified atom stereocenters. The maximum Gasteiger partial charge on any atom is 0.434 e. The number of rotatable bonds is 6. The number of alkyl halides is 3. The lowest BCUT2D eigenvalue weighted by Crippen LogP contribution is -2.30. The number of aromatic carboxylic acids is 1. The second kappa shape index (κ2) is 8.74. The van der Waals surface area contributed by atoms with Crippen LogP contribution in [0.3, 0.4) is 0 Å². The largest absolute Gasteiger partial charge is 0.481 e. The molecule has 3 rings (SSSR count). The Bertz CT molecular complexity index is 1150. The first-order chi connectivity index (χ1) is 15.0. The zero-order chi connectivity index (χ0) is 23.6. The number of ether oxygens (including phenoxy) is 1. The van der Waals surface area contributed by atoms with Crippen LogP contribution in [0.1, 0.15) is 34.1 Å². The molecule has 1 heterocycles. The first kappa shape index (κ1) is 22.9. The molecule has 1 atom stereocenters. The molecule has 2 N–H and O–H groups in total. The fraction of sp³-hybridized carbons (Fsp3) is 0.227. The van der Waals surface area contributed by atoms with Gasteiger partial charge in [0, 0.05) is 5.69 Å². The van der Waals surface area contributed by atoms with E-state index in [0.29, 0.717) is 22.3 Å². The van der Waals surface area contributed by atoms with E-state index in [0.717, 1.165) is 11.1 Å². The predicted molar refractivity (Wildman–Crippen MR) is 110 cm³/mol. The van der Waals surface area contributed by atoms with E-state index in [9.17, 15) is 22.8 Å². The molecular formula is C22H20F3N3O4. The average molecular weight is 447 g/mol. The van der Waals surface area contributed by atoms with Crippen molar-refractivity contribution >= 4 is 17.6 Å². The fourth-order valence-corrected chi connectivity index (χ4v) is 3.00. The number of hydrogen-bond donors (Lipinski definition) is 2. The van der Waals surface area contributed by atoms with Gasteiger partial charge in [0.05, 0.1) is 11.9 Å². The molecule has 0 saturated carbocycles. The minimum atomic E-state index is -4.92. The summed E-state index contributed by atoms with van der Waals surface area (Å²) in [5, 5.41) is 15.2. The second-order valence-electron chi connectivity index (χ2n) is 7.12. The van der Waals surface area contributed by atoms with Crippen molar-refractivity contribution in [1.82, 2.24) is 9.78 Å². The van der Waals surface area contributed by atoms with Gasteiger partial charge in [0.15, 0.2) is 11.8 Å². The number of aromatic nitrogens is 2. The SMILES string of the molecule is Cc1cccc(O[C@H](C)C(=O)Nc2ccc(-n3ncc(C(=O)O)c3C(F)(F)F)cc2)c1C. The summed E-state index contributed by atoms with van der Waals surface area (Å²) in [6.07, 6.45) is -5.10. The van der Waals surface area contributed by atoms with Crippen molar-refractivity contribution in [2.45, 2.75) is 33.1 Å². The molecule has 32 heavy (non-hydrogen) atoms. The van der Waals surface area contributed by atoms with E-state index in [1.165, 1.54) is 24.3 Å². The van der Waals surface area contributed by atoms with Gasteiger partial charge in [-0.05, 0) is 62.2 Å². The maximum absolute atomic E-state index is 13.4. The van der Waals surface area contributed by atoms with Crippen molar-refractivity contribution in [2.75, 3.05) is 5.32 Å². The van der Waals surface area contributed by atoms with Gasteiger partial charge in [0.1, 0.15) is 11.3 Å². The molecule has 0 aliphatic carbocycles. The number of carboxylic acid groups (broad SMARTS) is 1. The summed E-state index contributed by atoms with van der Waals surface area (Å²) in [6, 6.07) is 10.9. The summed E-state index contributed by atoms with van der Waals surface area (Å²) in [7, 11) is 0. The average Bonchev–Trinajstić information content (AvgIpc) is 3.18. The van der Waals surface area contributed by atoms with Crippen LogP contribution in [0.2, 0.25) is 0 Å². The lowest BCUT2D eigenvalue weighted by atomic mass is 10.1. The third-order valence-corrected chi connectivity index (χ3v) is 4.88. The number of carbonyl (C=O) groups excluding carboxylic acids is 1. The van der Waals surface area contributed by atoms with Gasteiger partial charge in [-0.1, -0.05) is 12.1 Å². The summed E-state index contributed by atoms with van der Waals surface area (Å²) in [4.78, 5) is 23.6. The molecule has 0 aliphatic heterocycles. The molecule has 1 aromatic heterocycles. The maximum atomic E-state index is 13.4. The van der Waals surface area contributed by atoms with Crippen LogP contribution in [-0.2, 0) is 11.0 Å². The second-order valence-corrected chi connectivity index (χ2v) is 7.12. The highest BCUT2D eigenvalue weighted by Gasteiger charge is 2.40. The normalized spacial score (nSPS) is 12.3. The smallest absolute Gasteiger partial charge is 0.434 e. The van der Waals surface area contributed by atoms with Crippen molar-refractivity contribution in [3.05, 3.63) is 71.0 Å². The number of hydrogen-bond acceptors (Lipinski definition) is 4. The standard InChI is InChI=1S/C22H20F3N3O4/c1-12-5-4-6-18(13(12)2)32-14(3)20(29)27-15-7-9-16(10-8-15)28-19(22(23,24)25)17(11-26-28)21(30)31/h4-11,14H,1-3H3,(H,27,29)(H,30,31)/t14-/m1/s1. The van der Waals surface area contributed by atoms with Gasteiger partial charge < -0.3 is 15.2 Å². The molecule has 7 nitrogen and oxygen atoms in total. The molecule has 3 aromatic rings. The third-order valence-electron chi connectivity index (χ3n) is 4.88. The van der Waals surface area contributed by atoms with E-state index in [4.69, 9.17) is 9.84 Å². The number of amides is 1. The van der Waals surface area contributed by atoms with Crippen LogP contribution in [0, 0.1) is 13.8 Å². The number of nitrogens with one attached hydrogen (secondary N) is 1. The molecule has 10 heteroatoms. The van der Waals surface area contributed by atoms with Crippen LogP contribution in [0.25, 0.3) is 5.69 Å². The Morgan fingerprint density at radius 2 is 1.78 bits per heavy atom. The highest BCUT2D eigenvalue weighted by Crippen LogP contribution is 2.33. The van der Waals surface area contributed by atoms with Gasteiger partial charge in [-0.15, -0.1) is 0 Å². The van der Waals surface area contributed by atoms with Crippen LogP contribution in [0.5, 0.6) is 5.75 Å². The van der Waals surface area contributed by atoms with E-state index in [1.54, 1.807) is 13.0 Å². The lowest BCUT2D eigenvalue weighted by Gasteiger charge is -2.17. The molecule has 0 bridgehead atoms. The van der Waals surface area contributed by atoms with Crippen molar-refractivity contribution in [1.29, 1.82) is 0 Å². The number of halogens is 3. The lowest BCUT2D eigenvalue weighted by molar-refractivity contribution is -0.143. The summed E-state index contributed by atoms with van der Waals surface area (Å²) >= 11 is 0. The number of carboxylic acids is 1. The number of aryl methyl sites for hydroxylation is 1. The summed E-state index contributed by atoms with van der Waals surface area (Å²) < 4.78 is 46.3. The Kier molecular flexibility index (Phi) is 6.24. The topological polar surface area (TPSA) is 93.5 Å². The van der Waals surface area contributed by atoms with Gasteiger partial charge >= 0.3 is 12.1 Å². The predicted octanol–water partition coefficient (Wildman–Crippen LogP) is 4.61. The van der Waals surface area contributed by atoms with Gasteiger partial charge in [-0.2, -0.15) is 18.3 Å². The van der Waals surface area contributed by atoms with E-state index >= 15 is 0 Å². The molecule has 1 amide bonds. The van der Waals surface area contributed by atoms with Gasteiger partial charge in [0.2, 0.25) is 0 Å². The van der Waals surface area contributed by atoms with Gasteiger partial charge in [-0.25, -0.2) is 9.48 Å². The Morgan fingerprint density at radius 3 is 2.38 bits per heavy atom. The molecule has 0 radical (unpaired) electrons. The van der Waals surface area contributed by atoms with E-state index in [2.05, 4.69) is 10.4 Å². The molecule has 0 saturated heterocycles. The van der Waals surface area contributed by atoms with Crippen LogP contribution < -0.4 is 10.1 Å². The van der Waals surface area contributed by atoms with Gasteiger partial charge in [0.25, 0.3) is 5.91 Å². The van der Waals surface area contributed by atoms with Crippen molar-refractivity contribution in [3.8, 4) is 11.4 Å². The third kappa shape index (κ3) is 4.74. The first-order valence-corrected chi connectivity index (χ1v) is 9.51. The number of nitrogens with zero attached hydrogens (tertiary/aromatic N) is 2. The number of anilines is 1. The van der Waals surface area contributed by atoms with Gasteiger partial charge in [-0.3, -0.25) is 4.79 Å². The Balaban J connectivity index is 1.76. The highest BCUT2D eigenvalue weighted by molar-refractivity contribution is 5.94. The van der Waals surface area contributed by atoms with Crippen LogP contribution in [-0.4, -0.2) is 32.9 Å². The van der Waals surface area contributed by atoms with Crippen molar-refractivity contribution < 1.29 is 32.6 Å². The molecule has 168 valence electrons. The zero-order valence-electron chi connectivity index (χ0n) is 17.4. The molecule has 0 spiro atoms. The quantitative estimate of drug-likeness (QED) is 0.576. The molecule has 0 aliphatic rings. The van der Waals surface area contributed by atoms with Crippen molar-refractivity contribution in [3.63, 3.8) is 0 Å². The Morgan fingerprint density at radius 1 is 1.12 bits per heavy atom. The minimum absolute atomic E-state index is 0.0116. The molecule has 2 aromatic carbocycles. The number of benzene rings is 2. The first-order valence-electron chi connectivity index (χ1n) is 9.51. The van der Waals surface area contributed by atoms with Crippen molar-refractivity contribution in [2.24, 2.45) is 0 Å². The monoisotopic (exact) mass is 447 g/mol. The summed E-state index contributed by atoms with van der Waals surface area (Å²) in [5.74, 6) is -1.59. The highest BCUT2D eigenvalue weighted by atomic mass is 19.4. The Hall–Kier alpha value is -3.82. The van der Waals surface area contributed by atoms with E-state index < -0.39 is 35.4 Å². The van der Waals surface area contributed by atoms with E-state index in [-0.39, 0.29) is 5.69 Å². The Labute approximate surface area is 181 Å². The minimum Gasteiger partial charge on any atom is -0.481 e. The fourth-order valence-electron chi connectivity index (χ4n) is 3.00.